The molecule has 0 aliphatic carbocycles. The van der Waals surface area contributed by atoms with Gasteiger partial charge in [0.1, 0.15) is 0 Å². The maximum absolute atomic E-state index is 12.6. The van der Waals surface area contributed by atoms with Gasteiger partial charge in [0.05, 0.1) is 12.6 Å². The number of carbonyl (C=O) groups excluding carboxylic acids is 2. The first-order valence-corrected chi connectivity index (χ1v) is 9.23. The van der Waals surface area contributed by atoms with Crippen molar-refractivity contribution >= 4 is 17.5 Å². The molecule has 1 aromatic carbocycles. The SMILES string of the molecule is CCCC(=O)Nc1ccc(CC(=O)N(CC)Cc2cnn(CC)c2)cc1. The van der Waals surface area contributed by atoms with Gasteiger partial charge in [-0.3, -0.25) is 14.3 Å². The Hall–Kier alpha value is -2.63. The first kappa shape index (κ1) is 19.7. The topological polar surface area (TPSA) is 67.2 Å². The van der Waals surface area contributed by atoms with Gasteiger partial charge in [0, 0.05) is 43.5 Å². The largest absolute Gasteiger partial charge is 0.338 e. The van der Waals surface area contributed by atoms with Crippen molar-refractivity contribution in [1.82, 2.24) is 14.7 Å². The van der Waals surface area contributed by atoms with Gasteiger partial charge in [-0.15, -0.1) is 0 Å². The molecule has 6 heteroatoms. The summed E-state index contributed by atoms with van der Waals surface area (Å²) in [6.07, 6.45) is 5.47. The smallest absolute Gasteiger partial charge is 0.227 e. The number of anilines is 1. The van der Waals surface area contributed by atoms with Gasteiger partial charge in [0.25, 0.3) is 0 Å². The highest BCUT2D eigenvalue weighted by atomic mass is 16.2. The van der Waals surface area contributed by atoms with E-state index in [2.05, 4.69) is 10.4 Å². The number of amides is 2. The molecule has 26 heavy (non-hydrogen) atoms. The van der Waals surface area contributed by atoms with E-state index >= 15 is 0 Å². The van der Waals surface area contributed by atoms with E-state index in [0.717, 1.165) is 29.8 Å². The lowest BCUT2D eigenvalue weighted by Gasteiger charge is -2.20. The average Bonchev–Trinajstić information content (AvgIpc) is 3.09. The minimum Gasteiger partial charge on any atom is -0.338 e. The fraction of sp³-hybridized carbons (Fsp3) is 0.450. The lowest BCUT2D eigenvalue weighted by molar-refractivity contribution is -0.130. The molecule has 2 rings (SSSR count). The van der Waals surface area contributed by atoms with Crippen LogP contribution in [0.15, 0.2) is 36.7 Å². The molecule has 0 aliphatic rings. The van der Waals surface area contributed by atoms with Gasteiger partial charge in [-0.2, -0.15) is 5.10 Å². The first-order valence-electron chi connectivity index (χ1n) is 9.23. The number of rotatable bonds is 9. The van der Waals surface area contributed by atoms with Gasteiger partial charge in [-0.05, 0) is 38.0 Å². The van der Waals surface area contributed by atoms with E-state index in [1.165, 1.54) is 0 Å². The lowest BCUT2D eigenvalue weighted by Crippen LogP contribution is -2.31. The van der Waals surface area contributed by atoms with Crippen molar-refractivity contribution in [2.24, 2.45) is 0 Å². The summed E-state index contributed by atoms with van der Waals surface area (Å²) in [5, 5.41) is 7.11. The first-order chi connectivity index (χ1) is 12.5. The summed E-state index contributed by atoms with van der Waals surface area (Å²) in [5.74, 6) is 0.0978. The predicted octanol–water partition coefficient (Wildman–Crippen LogP) is 3.23. The maximum Gasteiger partial charge on any atom is 0.227 e. The highest BCUT2D eigenvalue weighted by molar-refractivity contribution is 5.90. The van der Waals surface area contributed by atoms with Crippen LogP contribution in [-0.2, 0) is 29.1 Å². The van der Waals surface area contributed by atoms with E-state index in [4.69, 9.17) is 0 Å². The molecule has 140 valence electrons. The van der Waals surface area contributed by atoms with Crippen molar-refractivity contribution in [3.8, 4) is 0 Å². The Morgan fingerprint density at radius 3 is 2.42 bits per heavy atom. The van der Waals surface area contributed by atoms with E-state index in [9.17, 15) is 9.59 Å². The number of carbonyl (C=O) groups is 2. The van der Waals surface area contributed by atoms with Crippen molar-refractivity contribution in [1.29, 1.82) is 0 Å². The van der Waals surface area contributed by atoms with Gasteiger partial charge in [0.15, 0.2) is 0 Å². The zero-order valence-electron chi connectivity index (χ0n) is 15.9. The number of nitrogens with zero attached hydrogens (tertiary/aromatic N) is 3. The summed E-state index contributed by atoms with van der Waals surface area (Å²) < 4.78 is 1.86. The number of hydrogen-bond acceptors (Lipinski definition) is 3. The van der Waals surface area contributed by atoms with Crippen LogP contribution in [0.5, 0.6) is 0 Å². The molecular formula is C20H28N4O2. The van der Waals surface area contributed by atoms with Crippen LogP contribution < -0.4 is 5.32 Å². The summed E-state index contributed by atoms with van der Waals surface area (Å²) >= 11 is 0. The highest BCUT2D eigenvalue weighted by Gasteiger charge is 2.14. The second-order valence-electron chi connectivity index (χ2n) is 6.28. The van der Waals surface area contributed by atoms with Crippen LogP contribution in [0.4, 0.5) is 5.69 Å². The summed E-state index contributed by atoms with van der Waals surface area (Å²) in [6, 6.07) is 7.47. The van der Waals surface area contributed by atoms with Gasteiger partial charge < -0.3 is 10.2 Å². The average molecular weight is 356 g/mol. The van der Waals surface area contributed by atoms with Gasteiger partial charge >= 0.3 is 0 Å². The molecular weight excluding hydrogens is 328 g/mol. The van der Waals surface area contributed by atoms with Crippen LogP contribution >= 0.6 is 0 Å². The van der Waals surface area contributed by atoms with E-state index in [1.807, 2.05) is 67.0 Å². The van der Waals surface area contributed by atoms with E-state index in [0.29, 0.717) is 25.9 Å². The highest BCUT2D eigenvalue weighted by Crippen LogP contribution is 2.13. The monoisotopic (exact) mass is 356 g/mol. The molecule has 1 heterocycles. The number of benzene rings is 1. The second kappa shape index (κ2) is 9.75. The third-order valence-corrected chi connectivity index (χ3v) is 4.19. The van der Waals surface area contributed by atoms with Crippen molar-refractivity contribution in [2.45, 2.75) is 53.1 Å². The summed E-state index contributed by atoms with van der Waals surface area (Å²) in [4.78, 5) is 26.1. The standard InChI is InChI=1S/C20H28N4O2/c1-4-7-19(25)22-18-10-8-16(9-11-18)12-20(26)23(5-2)14-17-13-21-24(6-3)15-17/h8-11,13,15H,4-7,12,14H2,1-3H3,(H,22,25). The Morgan fingerprint density at radius 2 is 1.85 bits per heavy atom. The molecule has 1 aromatic heterocycles. The van der Waals surface area contributed by atoms with E-state index < -0.39 is 0 Å². The molecule has 2 aromatic rings. The zero-order chi connectivity index (χ0) is 18.9. The van der Waals surface area contributed by atoms with Crippen LogP contribution in [0, 0.1) is 0 Å². The van der Waals surface area contributed by atoms with Crippen molar-refractivity contribution in [3.63, 3.8) is 0 Å². The quantitative estimate of drug-likeness (QED) is 0.750. The Balaban J connectivity index is 1.93. The number of aryl methyl sites for hydroxylation is 1. The molecule has 0 atom stereocenters. The number of likely N-dealkylation sites (N-methyl/N-ethyl adjacent to an activating group) is 1. The molecule has 0 unspecified atom stereocenters. The second-order valence-corrected chi connectivity index (χ2v) is 6.28. The van der Waals surface area contributed by atoms with E-state index in [-0.39, 0.29) is 11.8 Å². The Morgan fingerprint density at radius 1 is 1.12 bits per heavy atom. The molecule has 1 N–H and O–H groups in total. The summed E-state index contributed by atoms with van der Waals surface area (Å²) in [7, 11) is 0. The van der Waals surface area contributed by atoms with Crippen LogP contribution in [0.3, 0.4) is 0 Å². The Labute approximate surface area is 155 Å². The molecule has 0 aliphatic heterocycles. The summed E-state index contributed by atoms with van der Waals surface area (Å²) in [5.41, 5.74) is 2.74. The number of nitrogens with one attached hydrogen (secondary N) is 1. The van der Waals surface area contributed by atoms with Gasteiger partial charge in [-0.25, -0.2) is 0 Å². The molecule has 0 radical (unpaired) electrons. The zero-order valence-corrected chi connectivity index (χ0v) is 15.9. The lowest BCUT2D eigenvalue weighted by atomic mass is 10.1. The molecule has 0 bridgehead atoms. The van der Waals surface area contributed by atoms with Crippen molar-refractivity contribution < 1.29 is 9.59 Å². The molecule has 0 saturated carbocycles. The molecule has 2 amide bonds. The fourth-order valence-corrected chi connectivity index (χ4v) is 2.70. The molecule has 0 spiro atoms. The predicted molar refractivity (Wildman–Crippen MR) is 103 cm³/mol. The van der Waals surface area contributed by atoms with Crippen LogP contribution in [-0.4, -0.2) is 33.0 Å². The maximum atomic E-state index is 12.6. The molecule has 6 nitrogen and oxygen atoms in total. The van der Waals surface area contributed by atoms with Crippen LogP contribution in [0.2, 0.25) is 0 Å². The Kier molecular flexibility index (Phi) is 7.38. The third kappa shape index (κ3) is 5.72. The number of hydrogen-bond donors (Lipinski definition) is 1. The molecule has 0 fully saturated rings. The normalized spacial score (nSPS) is 10.6. The van der Waals surface area contributed by atoms with Crippen molar-refractivity contribution in [3.05, 3.63) is 47.8 Å². The molecule has 0 saturated heterocycles. The fourth-order valence-electron chi connectivity index (χ4n) is 2.70. The minimum absolute atomic E-state index is 0.0149. The van der Waals surface area contributed by atoms with Crippen LogP contribution in [0.1, 0.15) is 44.7 Å². The number of aromatic nitrogens is 2. The van der Waals surface area contributed by atoms with E-state index in [1.54, 1.807) is 0 Å². The third-order valence-electron chi connectivity index (χ3n) is 4.19. The summed E-state index contributed by atoms with van der Waals surface area (Å²) in [6.45, 7) is 8.03. The van der Waals surface area contributed by atoms with Gasteiger partial charge in [0.2, 0.25) is 11.8 Å². The van der Waals surface area contributed by atoms with Gasteiger partial charge in [-0.1, -0.05) is 19.1 Å². The van der Waals surface area contributed by atoms with Crippen LogP contribution in [0.25, 0.3) is 0 Å². The Bertz CT molecular complexity index is 722. The minimum atomic E-state index is 0.0149. The van der Waals surface area contributed by atoms with Crippen molar-refractivity contribution in [2.75, 3.05) is 11.9 Å².